The third-order valence-electron chi connectivity index (χ3n) is 7.55. The van der Waals surface area contributed by atoms with Crippen LogP contribution in [0.1, 0.15) is 77.0 Å². The molecule has 0 aromatic rings. The van der Waals surface area contributed by atoms with Crippen LogP contribution in [0.15, 0.2) is 10.2 Å². The first-order valence-corrected chi connectivity index (χ1v) is 11.3. The van der Waals surface area contributed by atoms with Crippen LogP contribution in [-0.4, -0.2) is 24.2 Å². The summed E-state index contributed by atoms with van der Waals surface area (Å²) >= 11 is 0. The topological polar surface area (TPSA) is 82.9 Å². The molecule has 4 fully saturated rings. The normalized spacial score (nSPS) is 36.0. The number of hydrazone groups is 2. The van der Waals surface area contributed by atoms with Crippen molar-refractivity contribution in [2.75, 3.05) is 0 Å². The molecule has 0 aromatic heterocycles. The van der Waals surface area contributed by atoms with Gasteiger partial charge in [0.1, 0.15) is 0 Å². The zero-order valence-electron chi connectivity index (χ0n) is 16.8. The third kappa shape index (κ3) is 5.00. The number of unbranched alkanes of at least 4 members (excludes halogenated alkanes) is 1. The summed E-state index contributed by atoms with van der Waals surface area (Å²) in [5, 5.41) is 8.31. The van der Waals surface area contributed by atoms with Gasteiger partial charge in [-0.25, -0.2) is 10.9 Å². The van der Waals surface area contributed by atoms with Gasteiger partial charge in [0.15, 0.2) is 0 Å². The monoisotopic (exact) mass is 386 g/mol. The SMILES string of the molecule is O=C(CCCCC(=O)N/N=C/[C@H]1C[C@@H]2CC[C@@H]1C2)N/N=C/[C@@H]1C[C@@H]2CC[C@@H]1C2. The molecule has 154 valence electrons. The van der Waals surface area contributed by atoms with Crippen molar-refractivity contribution in [3.8, 4) is 0 Å². The Balaban J connectivity index is 1.03. The van der Waals surface area contributed by atoms with E-state index in [4.69, 9.17) is 0 Å². The average Bonchev–Trinajstić information content (AvgIpc) is 3.46. The second-order valence-electron chi connectivity index (χ2n) is 9.51. The summed E-state index contributed by atoms with van der Waals surface area (Å²) in [5.41, 5.74) is 5.28. The van der Waals surface area contributed by atoms with Crippen molar-refractivity contribution >= 4 is 24.2 Å². The molecule has 28 heavy (non-hydrogen) atoms. The predicted molar refractivity (Wildman–Crippen MR) is 110 cm³/mol. The van der Waals surface area contributed by atoms with Gasteiger partial charge in [-0.05, 0) is 86.9 Å². The zero-order chi connectivity index (χ0) is 19.3. The minimum Gasteiger partial charge on any atom is -0.273 e. The van der Waals surface area contributed by atoms with E-state index in [2.05, 4.69) is 21.1 Å². The van der Waals surface area contributed by atoms with Crippen LogP contribution < -0.4 is 10.9 Å². The van der Waals surface area contributed by atoms with E-state index in [1.165, 1.54) is 51.4 Å². The third-order valence-corrected chi connectivity index (χ3v) is 7.55. The van der Waals surface area contributed by atoms with Crippen molar-refractivity contribution in [1.29, 1.82) is 0 Å². The summed E-state index contributed by atoms with van der Waals surface area (Å²) in [7, 11) is 0. The fourth-order valence-corrected chi connectivity index (χ4v) is 6.05. The van der Waals surface area contributed by atoms with Gasteiger partial charge in [-0.3, -0.25) is 9.59 Å². The van der Waals surface area contributed by atoms with Crippen LogP contribution in [0.4, 0.5) is 0 Å². The standard InChI is InChI=1S/C22H34N4O2/c27-21(25-23-13-19-11-15-5-7-17(19)9-15)3-1-2-4-22(28)26-24-14-20-12-16-6-8-18(20)10-16/h13-20H,1-12H2,(H,25,27)(H,26,28)/b23-13+,24-14+/t15-,16-,17-,18-,19-,20+/m1/s1. The lowest BCUT2D eigenvalue weighted by Gasteiger charge is -2.16. The maximum absolute atomic E-state index is 11.9. The van der Waals surface area contributed by atoms with Crippen LogP contribution in [0.3, 0.4) is 0 Å². The van der Waals surface area contributed by atoms with Crippen LogP contribution in [-0.2, 0) is 9.59 Å². The van der Waals surface area contributed by atoms with Crippen molar-refractivity contribution in [1.82, 2.24) is 10.9 Å². The van der Waals surface area contributed by atoms with Gasteiger partial charge < -0.3 is 0 Å². The second-order valence-corrected chi connectivity index (χ2v) is 9.51. The first kappa shape index (κ1) is 19.6. The number of rotatable bonds is 9. The summed E-state index contributed by atoms with van der Waals surface area (Å²) < 4.78 is 0. The van der Waals surface area contributed by atoms with E-state index in [1.807, 2.05) is 12.4 Å². The van der Waals surface area contributed by atoms with Gasteiger partial charge in [0.05, 0.1) is 0 Å². The molecule has 2 N–H and O–H groups in total. The number of nitrogens with zero attached hydrogens (tertiary/aromatic N) is 2. The fraction of sp³-hybridized carbons (Fsp3) is 0.818. The van der Waals surface area contributed by atoms with E-state index in [1.54, 1.807) is 0 Å². The Morgan fingerprint density at radius 3 is 1.54 bits per heavy atom. The number of carbonyl (C=O) groups is 2. The highest BCUT2D eigenvalue weighted by Gasteiger charge is 2.39. The molecule has 4 aliphatic rings. The zero-order valence-corrected chi connectivity index (χ0v) is 16.8. The Labute approximate surface area is 168 Å². The van der Waals surface area contributed by atoms with Crippen LogP contribution >= 0.6 is 0 Å². The number of hydrogen-bond acceptors (Lipinski definition) is 4. The van der Waals surface area contributed by atoms with Gasteiger partial charge in [0.25, 0.3) is 0 Å². The Morgan fingerprint density at radius 1 is 0.714 bits per heavy atom. The van der Waals surface area contributed by atoms with Crippen LogP contribution in [0.2, 0.25) is 0 Å². The first-order valence-electron chi connectivity index (χ1n) is 11.3. The Bertz CT molecular complexity index is 578. The van der Waals surface area contributed by atoms with Gasteiger partial charge in [-0.15, -0.1) is 0 Å². The molecule has 6 heteroatoms. The van der Waals surface area contributed by atoms with Crippen molar-refractivity contribution in [3.05, 3.63) is 0 Å². The molecule has 0 unspecified atom stereocenters. The molecule has 6 nitrogen and oxygen atoms in total. The van der Waals surface area contributed by atoms with Crippen molar-refractivity contribution in [3.63, 3.8) is 0 Å². The maximum Gasteiger partial charge on any atom is 0.240 e. The molecule has 4 bridgehead atoms. The quantitative estimate of drug-likeness (QED) is 0.360. The molecule has 0 aromatic carbocycles. The van der Waals surface area contributed by atoms with Crippen LogP contribution in [0.5, 0.6) is 0 Å². The van der Waals surface area contributed by atoms with E-state index in [9.17, 15) is 9.59 Å². The number of nitrogens with one attached hydrogen (secondary N) is 2. The molecule has 4 saturated carbocycles. The van der Waals surface area contributed by atoms with Gasteiger partial charge in [-0.1, -0.05) is 12.8 Å². The highest BCUT2D eigenvalue weighted by molar-refractivity contribution is 5.78. The molecule has 4 aliphatic carbocycles. The molecule has 4 rings (SSSR count). The lowest BCUT2D eigenvalue weighted by molar-refractivity contribution is -0.123. The number of amides is 2. The molecule has 0 heterocycles. The fourth-order valence-electron chi connectivity index (χ4n) is 6.05. The number of fused-ring (bicyclic) bond motifs is 4. The number of hydrogen-bond donors (Lipinski definition) is 2. The van der Waals surface area contributed by atoms with Gasteiger partial charge >= 0.3 is 0 Å². The van der Waals surface area contributed by atoms with Crippen molar-refractivity contribution < 1.29 is 9.59 Å². The predicted octanol–water partition coefficient (Wildman–Crippen LogP) is 3.62. The Morgan fingerprint density at radius 2 is 1.18 bits per heavy atom. The molecule has 0 spiro atoms. The second kappa shape index (κ2) is 9.19. The molecule has 2 amide bonds. The molecule has 6 atom stereocenters. The smallest absolute Gasteiger partial charge is 0.240 e. The van der Waals surface area contributed by atoms with Gasteiger partial charge in [-0.2, -0.15) is 10.2 Å². The Kier molecular flexibility index (Phi) is 6.43. The van der Waals surface area contributed by atoms with E-state index < -0.39 is 0 Å². The summed E-state index contributed by atoms with van der Waals surface area (Å²) in [6, 6.07) is 0. The summed E-state index contributed by atoms with van der Waals surface area (Å²) in [6.45, 7) is 0. The van der Waals surface area contributed by atoms with E-state index in [-0.39, 0.29) is 11.8 Å². The van der Waals surface area contributed by atoms with Crippen LogP contribution in [0.25, 0.3) is 0 Å². The number of carbonyl (C=O) groups excluding carboxylic acids is 2. The van der Waals surface area contributed by atoms with Crippen LogP contribution in [0, 0.1) is 35.5 Å². The van der Waals surface area contributed by atoms with E-state index >= 15 is 0 Å². The molecule has 0 radical (unpaired) electrons. The highest BCUT2D eigenvalue weighted by Crippen LogP contribution is 2.48. The summed E-state index contributed by atoms with van der Waals surface area (Å²) in [4.78, 5) is 23.7. The lowest BCUT2D eigenvalue weighted by atomic mass is 9.90. The average molecular weight is 387 g/mol. The largest absolute Gasteiger partial charge is 0.273 e. The summed E-state index contributed by atoms with van der Waals surface area (Å²) in [5.74, 6) is 4.35. The minimum absolute atomic E-state index is 0.0610. The minimum atomic E-state index is -0.0610. The van der Waals surface area contributed by atoms with E-state index in [0.717, 1.165) is 23.7 Å². The molecule has 0 aliphatic heterocycles. The molecular formula is C22H34N4O2. The summed E-state index contributed by atoms with van der Waals surface area (Å²) in [6.07, 6.45) is 16.7. The Hall–Kier alpha value is -1.72. The van der Waals surface area contributed by atoms with Crippen molar-refractivity contribution in [2.45, 2.75) is 77.0 Å². The van der Waals surface area contributed by atoms with Gasteiger partial charge in [0.2, 0.25) is 11.8 Å². The van der Waals surface area contributed by atoms with Gasteiger partial charge in [0, 0.05) is 25.3 Å². The molecule has 0 saturated heterocycles. The molecular weight excluding hydrogens is 352 g/mol. The lowest BCUT2D eigenvalue weighted by Crippen LogP contribution is -2.21. The van der Waals surface area contributed by atoms with Crippen molar-refractivity contribution in [2.24, 2.45) is 45.7 Å². The highest BCUT2D eigenvalue weighted by atomic mass is 16.2. The van der Waals surface area contributed by atoms with E-state index in [0.29, 0.717) is 37.5 Å². The first-order chi connectivity index (χ1) is 13.7. The maximum atomic E-state index is 11.9.